The molecule has 2 rings (SSSR count). The molecule has 88 valence electrons. The number of hydrogen-bond donors (Lipinski definition) is 1. The third kappa shape index (κ3) is 2.45. The molecule has 0 aliphatic rings. The Hall–Kier alpha value is -1.87. The van der Waals surface area contributed by atoms with E-state index < -0.39 is 6.10 Å². The number of anilines is 1. The molecule has 17 heavy (non-hydrogen) atoms. The highest BCUT2D eigenvalue weighted by Crippen LogP contribution is 2.28. The molecule has 3 heteroatoms. The molecule has 2 nitrogen and oxygen atoms in total. The molecule has 0 aliphatic heterocycles. The van der Waals surface area contributed by atoms with Gasteiger partial charge in [0.15, 0.2) is 0 Å². The van der Waals surface area contributed by atoms with E-state index in [1.54, 1.807) is 37.4 Å². The van der Waals surface area contributed by atoms with Gasteiger partial charge >= 0.3 is 0 Å². The largest absolute Gasteiger partial charge is 0.399 e. The van der Waals surface area contributed by atoms with Crippen molar-refractivity contribution in [1.82, 2.24) is 0 Å². The maximum atomic E-state index is 13.7. The van der Waals surface area contributed by atoms with E-state index in [2.05, 4.69) is 0 Å². The molecule has 0 saturated carbocycles. The van der Waals surface area contributed by atoms with Crippen LogP contribution in [0.1, 0.15) is 17.2 Å². The van der Waals surface area contributed by atoms with E-state index in [-0.39, 0.29) is 5.82 Å². The van der Waals surface area contributed by atoms with Crippen LogP contribution in [-0.2, 0) is 4.74 Å². The van der Waals surface area contributed by atoms with Crippen molar-refractivity contribution in [3.8, 4) is 0 Å². The Kier molecular flexibility index (Phi) is 3.40. The van der Waals surface area contributed by atoms with Crippen LogP contribution in [0.2, 0.25) is 0 Å². The fourth-order valence-electron chi connectivity index (χ4n) is 1.85. The zero-order valence-electron chi connectivity index (χ0n) is 9.56. The van der Waals surface area contributed by atoms with Crippen LogP contribution in [0.3, 0.4) is 0 Å². The third-order valence-corrected chi connectivity index (χ3v) is 2.64. The van der Waals surface area contributed by atoms with Crippen molar-refractivity contribution in [2.75, 3.05) is 12.8 Å². The minimum atomic E-state index is -0.431. The number of hydrogen-bond acceptors (Lipinski definition) is 2. The summed E-state index contributed by atoms with van der Waals surface area (Å²) in [6.07, 6.45) is -0.431. The first-order chi connectivity index (χ1) is 8.22. The lowest BCUT2D eigenvalue weighted by molar-refractivity contribution is 0.133. The van der Waals surface area contributed by atoms with Crippen LogP contribution in [-0.4, -0.2) is 7.11 Å². The lowest BCUT2D eigenvalue weighted by Crippen LogP contribution is -2.06. The molecule has 0 radical (unpaired) electrons. The average Bonchev–Trinajstić information content (AvgIpc) is 2.33. The van der Waals surface area contributed by atoms with Crippen molar-refractivity contribution < 1.29 is 9.13 Å². The maximum Gasteiger partial charge on any atom is 0.129 e. The van der Waals surface area contributed by atoms with Gasteiger partial charge in [-0.2, -0.15) is 0 Å². The van der Waals surface area contributed by atoms with Crippen molar-refractivity contribution >= 4 is 5.69 Å². The van der Waals surface area contributed by atoms with Crippen LogP contribution in [0.25, 0.3) is 0 Å². The molecule has 0 amide bonds. The average molecular weight is 231 g/mol. The van der Waals surface area contributed by atoms with Gasteiger partial charge in [-0.05, 0) is 23.8 Å². The fourth-order valence-corrected chi connectivity index (χ4v) is 1.85. The summed E-state index contributed by atoms with van der Waals surface area (Å²) in [6.45, 7) is 0. The Morgan fingerprint density at radius 1 is 1.12 bits per heavy atom. The second-order valence-corrected chi connectivity index (χ2v) is 3.81. The second-order valence-electron chi connectivity index (χ2n) is 3.81. The highest BCUT2D eigenvalue weighted by molar-refractivity contribution is 5.43. The third-order valence-electron chi connectivity index (χ3n) is 2.64. The Labute approximate surface area is 99.8 Å². The Balaban J connectivity index is 2.44. The van der Waals surface area contributed by atoms with E-state index in [9.17, 15) is 4.39 Å². The van der Waals surface area contributed by atoms with Crippen LogP contribution in [0.15, 0.2) is 48.5 Å². The smallest absolute Gasteiger partial charge is 0.129 e. The number of nitrogens with two attached hydrogens (primary N) is 1. The minimum absolute atomic E-state index is 0.276. The number of ether oxygens (including phenoxy) is 1. The number of nitrogen functional groups attached to an aromatic ring is 1. The lowest BCUT2D eigenvalue weighted by Gasteiger charge is -2.17. The van der Waals surface area contributed by atoms with E-state index in [0.717, 1.165) is 5.56 Å². The van der Waals surface area contributed by atoms with Crippen molar-refractivity contribution in [3.05, 3.63) is 65.5 Å². The summed E-state index contributed by atoms with van der Waals surface area (Å²) in [6, 6.07) is 13.9. The van der Waals surface area contributed by atoms with Crippen LogP contribution < -0.4 is 5.73 Å². The van der Waals surface area contributed by atoms with Crippen LogP contribution in [0.4, 0.5) is 10.1 Å². The first kappa shape index (κ1) is 11.6. The highest BCUT2D eigenvalue weighted by atomic mass is 19.1. The van der Waals surface area contributed by atoms with E-state index in [4.69, 9.17) is 10.5 Å². The molecule has 0 bridgehead atoms. The van der Waals surface area contributed by atoms with E-state index in [0.29, 0.717) is 11.3 Å². The minimum Gasteiger partial charge on any atom is -0.399 e. The normalized spacial score (nSPS) is 12.4. The molecule has 0 spiro atoms. The zero-order valence-corrected chi connectivity index (χ0v) is 9.56. The van der Waals surface area contributed by atoms with Crippen LogP contribution >= 0.6 is 0 Å². The van der Waals surface area contributed by atoms with Gasteiger partial charge in [0.25, 0.3) is 0 Å². The Bertz CT molecular complexity index is 513. The van der Waals surface area contributed by atoms with Gasteiger partial charge in [-0.3, -0.25) is 0 Å². The summed E-state index contributed by atoms with van der Waals surface area (Å²) in [5, 5.41) is 0. The predicted molar refractivity (Wildman–Crippen MR) is 66.1 cm³/mol. The Morgan fingerprint density at radius 3 is 2.53 bits per heavy atom. The molecule has 0 fully saturated rings. The number of rotatable bonds is 3. The summed E-state index contributed by atoms with van der Waals surface area (Å²) in [4.78, 5) is 0. The first-order valence-corrected chi connectivity index (χ1v) is 5.35. The van der Waals surface area contributed by atoms with Crippen LogP contribution in [0.5, 0.6) is 0 Å². The van der Waals surface area contributed by atoms with Crippen molar-refractivity contribution in [2.45, 2.75) is 6.10 Å². The number of halogens is 1. The van der Waals surface area contributed by atoms with Crippen molar-refractivity contribution in [2.24, 2.45) is 0 Å². The molecule has 2 N–H and O–H groups in total. The summed E-state index contributed by atoms with van der Waals surface area (Å²) in [7, 11) is 1.56. The van der Waals surface area contributed by atoms with Gasteiger partial charge in [0, 0.05) is 18.4 Å². The molecule has 0 heterocycles. The van der Waals surface area contributed by atoms with Crippen molar-refractivity contribution in [3.63, 3.8) is 0 Å². The van der Waals surface area contributed by atoms with E-state index in [1.807, 2.05) is 12.1 Å². The molecule has 1 atom stereocenters. The standard InChI is InChI=1S/C14H14FNO/c1-17-14(10-5-4-6-11(16)9-10)12-7-2-3-8-13(12)15/h2-9,14H,16H2,1H3. The molecular formula is C14H14FNO. The highest BCUT2D eigenvalue weighted by Gasteiger charge is 2.16. The summed E-state index contributed by atoms with van der Waals surface area (Å²) >= 11 is 0. The summed E-state index contributed by atoms with van der Waals surface area (Å²) in [5.41, 5.74) is 7.72. The van der Waals surface area contributed by atoms with Crippen molar-refractivity contribution in [1.29, 1.82) is 0 Å². The molecule has 2 aromatic rings. The molecule has 0 aliphatic carbocycles. The van der Waals surface area contributed by atoms with Gasteiger partial charge in [0.1, 0.15) is 11.9 Å². The molecule has 0 aromatic heterocycles. The first-order valence-electron chi connectivity index (χ1n) is 5.35. The SMILES string of the molecule is COC(c1cccc(N)c1)c1ccccc1F. The second kappa shape index (κ2) is 4.97. The Morgan fingerprint density at radius 2 is 1.88 bits per heavy atom. The molecule has 0 saturated heterocycles. The van der Waals surface area contributed by atoms with Gasteiger partial charge in [0.05, 0.1) is 0 Å². The number of benzene rings is 2. The topological polar surface area (TPSA) is 35.2 Å². The predicted octanol–water partition coefficient (Wildman–Crippen LogP) is 3.14. The van der Waals surface area contributed by atoms with Gasteiger partial charge in [-0.25, -0.2) is 4.39 Å². The monoisotopic (exact) mass is 231 g/mol. The molecule has 2 aromatic carbocycles. The van der Waals surface area contributed by atoms with E-state index >= 15 is 0 Å². The number of methoxy groups -OCH3 is 1. The maximum absolute atomic E-state index is 13.7. The fraction of sp³-hybridized carbons (Fsp3) is 0.143. The van der Waals surface area contributed by atoms with Gasteiger partial charge < -0.3 is 10.5 Å². The molecular weight excluding hydrogens is 217 g/mol. The lowest BCUT2D eigenvalue weighted by atomic mass is 10.0. The van der Waals surface area contributed by atoms with Gasteiger partial charge in [-0.1, -0.05) is 30.3 Å². The molecule has 1 unspecified atom stereocenters. The van der Waals surface area contributed by atoms with E-state index in [1.165, 1.54) is 6.07 Å². The zero-order chi connectivity index (χ0) is 12.3. The summed E-state index contributed by atoms with van der Waals surface area (Å²) in [5.74, 6) is -0.276. The van der Waals surface area contributed by atoms with Crippen LogP contribution in [0, 0.1) is 5.82 Å². The summed E-state index contributed by atoms with van der Waals surface area (Å²) < 4.78 is 19.1. The van der Waals surface area contributed by atoms with Gasteiger partial charge in [-0.15, -0.1) is 0 Å². The quantitative estimate of drug-likeness (QED) is 0.823. The van der Waals surface area contributed by atoms with Gasteiger partial charge in [0.2, 0.25) is 0 Å².